The molecule has 0 radical (unpaired) electrons. The van der Waals surface area contributed by atoms with Crippen LogP contribution in [0.15, 0.2) is 0 Å². The van der Waals surface area contributed by atoms with E-state index in [2.05, 4.69) is 41.5 Å². The molecule has 93 heavy (non-hydrogen) atoms. The number of unbranched alkanes of at least 4 members (excludes halogenated alkanes) is 42. The summed E-state index contributed by atoms with van der Waals surface area (Å²) >= 11 is 0. The van der Waals surface area contributed by atoms with Crippen LogP contribution in [0.2, 0.25) is 0 Å². The van der Waals surface area contributed by atoms with Crippen LogP contribution < -0.4 is 0 Å². The zero-order valence-electron chi connectivity index (χ0n) is 60.6. The van der Waals surface area contributed by atoms with E-state index in [0.717, 1.165) is 102 Å². The van der Waals surface area contributed by atoms with Crippen LogP contribution >= 0.6 is 15.6 Å². The Balaban J connectivity index is 5.25. The molecule has 0 amide bonds. The number of aliphatic hydroxyl groups is 1. The van der Waals surface area contributed by atoms with Gasteiger partial charge >= 0.3 is 39.5 Å². The Labute approximate surface area is 568 Å². The Bertz CT molecular complexity index is 1810. The number of hydrogen-bond donors (Lipinski definition) is 3. The van der Waals surface area contributed by atoms with Gasteiger partial charge in [0.2, 0.25) is 0 Å². The fourth-order valence-electron chi connectivity index (χ4n) is 11.3. The lowest BCUT2D eigenvalue weighted by atomic mass is 9.99. The first-order chi connectivity index (χ1) is 44.9. The molecule has 3 N–H and O–H groups in total. The van der Waals surface area contributed by atoms with Crippen LogP contribution in [0, 0.1) is 11.8 Å². The summed E-state index contributed by atoms with van der Waals surface area (Å²) in [4.78, 5) is 72.7. The molecule has 17 nitrogen and oxygen atoms in total. The largest absolute Gasteiger partial charge is 0.472 e. The molecule has 3 unspecified atom stereocenters. The van der Waals surface area contributed by atoms with Crippen molar-refractivity contribution in [3.05, 3.63) is 0 Å². The lowest BCUT2D eigenvalue weighted by Gasteiger charge is -2.21. The highest BCUT2D eigenvalue weighted by Crippen LogP contribution is 2.45. The summed E-state index contributed by atoms with van der Waals surface area (Å²) in [5, 5.41) is 10.6. The molecule has 0 rings (SSSR count). The van der Waals surface area contributed by atoms with Crippen LogP contribution in [-0.4, -0.2) is 96.7 Å². The van der Waals surface area contributed by atoms with E-state index in [-0.39, 0.29) is 25.7 Å². The van der Waals surface area contributed by atoms with E-state index in [0.29, 0.717) is 25.7 Å². The van der Waals surface area contributed by atoms with Gasteiger partial charge < -0.3 is 33.8 Å². The van der Waals surface area contributed by atoms with E-state index >= 15 is 0 Å². The van der Waals surface area contributed by atoms with Gasteiger partial charge in [0, 0.05) is 25.7 Å². The Hall–Kier alpha value is -1.94. The minimum Gasteiger partial charge on any atom is -0.462 e. The molecule has 0 bridgehead atoms. The summed E-state index contributed by atoms with van der Waals surface area (Å²) in [6, 6.07) is 0. The van der Waals surface area contributed by atoms with Crippen molar-refractivity contribution in [2.75, 3.05) is 39.6 Å². The Morgan fingerprint density at radius 3 is 0.817 bits per heavy atom. The average Bonchev–Trinajstić information content (AvgIpc) is 3.71. The van der Waals surface area contributed by atoms with Crippen LogP contribution in [0.5, 0.6) is 0 Å². The quantitative estimate of drug-likeness (QED) is 0.0222. The smallest absolute Gasteiger partial charge is 0.462 e. The molecular formula is C74H144O17P2. The molecular weight excluding hydrogens is 1220 g/mol. The zero-order chi connectivity index (χ0) is 68.6. The van der Waals surface area contributed by atoms with Crippen molar-refractivity contribution >= 4 is 39.5 Å². The molecule has 0 aliphatic rings. The van der Waals surface area contributed by atoms with Crippen molar-refractivity contribution in [3.63, 3.8) is 0 Å². The van der Waals surface area contributed by atoms with Gasteiger partial charge in [-0.25, -0.2) is 9.13 Å². The van der Waals surface area contributed by atoms with Crippen LogP contribution in [0.25, 0.3) is 0 Å². The van der Waals surface area contributed by atoms with Crippen molar-refractivity contribution in [1.29, 1.82) is 0 Å². The van der Waals surface area contributed by atoms with Gasteiger partial charge in [-0.15, -0.1) is 0 Å². The van der Waals surface area contributed by atoms with E-state index in [1.165, 1.54) is 199 Å². The fourth-order valence-corrected chi connectivity index (χ4v) is 12.8. The lowest BCUT2D eigenvalue weighted by Crippen LogP contribution is -2.30. The first kappa shape index (κ1) is 91.1. The van der Waals surface area contributed by atoms with Crippen molar-refractivity contribution < 1.29 is 80.2 Å². The summed E-state index contributed by atoms with van der Waals surface area (Å²) in [7, 11) is -9.91. The highest BCUT2D eigenvalue weighted by Gasteiger charge is 2.30. The molecule has 0 heterocycles. The zero-order valence-corrected chi connectivity index (χ0v) is 62.3. The summed E-state index contributed by atoms with van der Waals surface area (Å²) in [6.45, 7) is 9.57. The maximum atomic E-state index is 13.1. The summed E-state index contributed by atoms with van der Waals surface area (Å²) in [6.07, 6.45) is 52.6. The van der Waals surface area contributed by atoms with Crippen molar-refractivity contribution in [2.24, 2.45) is 11.8 Å². The summed E-state index contributed by atoms with van der Waals surface area (Å²) in [5.74, 6) is -0.590. The van der Waals surface area contributed by atoms with E-state index in [1.54, 1.807) is 0 Å². The van der Waals surface area contributed by atoms with E-state index in [4.69, 9.17) is 37.0 Å². The van der Waals surface area contributed by atoms with E-state index in [9.17, 15) is 43.2 Å². The second kappa shape index (κ2) is 66.0. The molecule has 0 aromatic carbocycles. The normalized spacial score (nSPS) is 14.3. The molecule has 19 heteroatoms. The summed E-state index contributed by atoms with van der Waals surface area (Å²) in [5.41, 5.74) is 0. The number of carbonyl (C=O) groups is 4. The molecule has 0 saturated heterocycles. The summed E-state index contributed by atoms with van der Waals surface area (Å²) < 4.78 is 68.5. The number of esters is 4. The standard InChI is InChI=1S/C74H144O17P2/c1-7-10-12-14-16-18-20-21-22-23-24-25-27-33-40-46-52-58-73(78)90-69(62-85-72(77)57-51-45-39-32-29-28-30-36-42-48-54-66(4)5)64-88-92(80,81)86-60-68(75)61-87-93(82,83)89-65-70(63-84-71(76)56-50-44-38-31-26-19-17-15-13-11-8-2)91-74(79)59-53-47-41-35-34-37-43-49-55-67(6)9-3/h66-70,75H,7-65H2,1-6H3,(H,80,81)(H,82,83)/t67?,68-,69-,70-/m1/s1. The first-order valence-corrected chi connectivity index (χ1v) is 41.5. The Morgan fingerprint density at radius 2 is 0.548 bits per heavy atom. The topological polar surface area (TPSA) is 237 Å². The molecule has 6 atom stereocenters. The lowest BCUT2D eigenvalue weighted by molar-refractivity contribution is -0.161. The van der Waals surface area contributed by atoms with Crippen molar-refractivity contribution in [1.82, 2.24) is 0 Å². The van der Waals surface area contributed by atoms with Crippen LogP contribution in [0.3, 0.4) is 0 Å². The van der Waals surface area contributed by atoms with Crippen LogP contribution in [-0.2, 0) is 65.4 Å². The molecule has 0 aliphatic carbocycles. The van der Waals surface area contributed by atoms with Gasteiger partial charge in [0.25, 0.3) is 0 Å². The van der Waals surface area contributed by atoms with Gasteiger partial charge in [0.05, 0.1) is 26.4 Å². The minimum atomic E-state index is -4.96. The third-order valence-corrected chi connectivity index (χ3v) is 19.5. The van der Waals surface area contributed by atoms with Gasteiger partial charge in [-0.3, -0.25) is 37.3 Å². The number of carbonyl (C=O) groups excluding carboxylic acids is 4. The predicted octanol–water partition coefficient (Wildman–Crippen LogP) is 21.6. The monoisotopic (exact) mass is 1370 g/mol. The van der Waals surface area contributed by atoms with E-state index in [1.807, 2.05) is 0 Å². The third kappa shape index (κ3) is 67.0. The van der Waals surface area contributed by atoms with Crippen LogP contribution in [0.4, 0.5) is 0 Å². The maximum Gasteiger partial charge on any atom is 0.472 e. The molecule has 0 aromatic rings. The number of ether oxygens (including phenoxy) is 4. The van der Waals surface area contributed by atoms with Crippen LogP contribution in [0.1, 0.15) is 382 Å². The molecule has 0 aromatic heterocycles. The second-order valence-corrected chi connectivity index (χ2v) is 30.3. The van der Waals surface area contributed by atoms with Crippen molar-refractivity contribution in [2.45, 2.75) is 400 Å². The van der Waals surface area contributed by atoms with Crippen molar-refractivity contribution in [3.8, 4) is 0 Å². The number of phosphoric ester groups is 2. The van der Waals surface area contributed by atoms with Gasteiger partial charge in [-0.1, -0.05) is 330 Å². The average molecular weight is 1370 g/mol. The first-order valence-electron chi connectivity index (χ1n) is 38.5. The Kier molecular flexibility index (Phi) is 64.6. The molecule has 0 spiro atoms. The van der Waals surface area contributed by atoms with Gasteiger partial charge in [0.1, 0.15) is 19.3 Å². The third-order valence-electron chi connectivity index (χ3n) is 17.6. The number of phosphoric acid groups is 2. The molecule has 0 fully saturated rings. The molecule has 552 valence electrons. The number of rotatable bonds is 73. The predicted molar refractivity (Wildman–Crippen MR) is 377 cm³/mol. The molecule has 0 saturated carbocycles. The SMILES string of the molecule is CCCCCCCCCCCCCCCCCCCC(=O)O[C@H](COC(=O)CCCCCCCCCCCCC(C)C)COP(=O)(O)OC[C@@H](O)COP(=O)(O)OC[C@@H](COC(=O)CCCCCCCCCCCCC)OC(=O)CCCCCCCCCCC(C)CC. The fraction of sp³-hybridized carbons (Fsp3) is 0.946. The highest BCUT2D eigenvalue weighted by molar-refractivity contribution is 7.47. The number of aliphatic hydroxyl groups excluding tert-OH is 1. The second-order valence-electron chi connectivity index (χ2n) is 27.4. The van der Waals surface area contributed by atoms with Gasteiger partial charge in [-0.05, 0) is 37.5 Å². The van der Waals surface area contributed by atoms with E-state index < -0.39 is 97.5 Å². The molecule has 0 aliphatic heterocycles. The number of hydrogen-bond acceptors (Lipinski definition) is 15. The van der Waals surface area contributed by atoms with Gasteiger partial charge in [0.15, 0.2) is 12.2 Å². The maximum absolute atomic E-state index is 13.1. The minimum absolute atomic E-state index is 0.105. The highest BCUT2D eigenvalue weighted by atomic mass is 31.2. The Morgan fingerprint density at radius 1 is 0.312 bits per heavy atom. The van der Waals surface area contributed by atoms with Gasteiger partial charge in [-0.2, -0.15) is 0 Å².